The number of benzene rings is 2. The highest BCUT2D eigenvalue weighted by Gasteiger charge is 2.44. The van der Waals surface area contributed by atoms with Crippen molar-refractivity contribution in [1.29, 1.82) is 0 Å². The van der Waals surface area contributed by atoms with Crippen LogP contribution in [0.15, 0.2) is 41.3 Å². The van der Waals surface area contributed by atoms with E-state index in [2.05, 4.69) is 10.0 Å². The number of carbonyl (C=O) groups is 4. The minimum atomic E-state index is -4.46. The monoisotopic (exact) mass is 449 g/mol. The van der Waals surface area contributed by atoms with Crippen molar-refractivity contribution in [2.75, 3.05) is 4.72 Å². The van der Waals surface area contributed by atoms with Crippen LogP contribution in [-0.2, 0) is 19.6 Å². The summed E-state index contributed by atoms with van der Waals surface area (Å²) in [6.45, 7) is 0. The molecule has 160 valence electrons. The Morgan fingerprint density at radius 2 is 1.68 bits per heavy atom. The lowest BCUT2D eigenvalue weighted by molar-refractivity contribution is -0.136. The van der Waals surface area contributed by atoms with Crippen molar-refractivity contribution in [3.05, 3.63) is 59.2 Å². The molecule has 1 unspecified atom stereocenters. The second-order valence-electron chi connectivity index (χ2n) is 6.89. The highest BCUT2D eigenvalue weighted by atomic mass is 32.2. The third-order valence-electron chi connectivity index (χ3n) is 4.88. The summed E-state index contributed by atoms with van der Waals surface area (Å²) < 4.78 is 53.9. The predicted molar refractivity (Wildman–Crippen MR) is 100 cm³/mol. The van der Waals surface area contributed by atoms with E-state index in [-0.39, 0.29) is 29.7 Å². The van der Waals surface area contributed by atoms with Crippen molar-refractivity contribution < 1.29 is 36.4 Å². The minimum absolute atomic E-state index is 0.0283. The molecule has 1 saturated heterocycles. The Bertz CT molecular complexity index is 1280. The molecule has 1 atom stereocenters. The lowest BCUT2D eigenvalue weighted by Crippen LogP contribution is -2.54. The lowest BCUT2D eigenvalue weighted by atomic mass is 10.0. The molecule has 2 aliphatic heterocycles. The van der Waals surface area contributed by atoms with Gasteiger partial charge in [0, 0.05) is 18.2 Å². The van der Waals surface area contributed by atoms with E-state index < -0.39 is 56.2 Å². The quantitative estimate of drug-likeness (QED) is 0.674. The van der Waals surface area contributed by atoms with Crippen molar-refractivity contribution in [3.63, 3.8) is 0 Å². The van der Waals surface area contributed by atoms with Gasteiger partial charge < -0.3 is 0 Å². The first-order chi connectivity index (χ1) is 14.6. The molecule has 9 nitrogen and oxygen atoms in total. The molecule has 0 aliphatic carbocycles. The second kappa shape index (κ2) is 7.23. The van der Waals surface area contributed by atoms with Crippen molar-refractivity contribution in [2.45, 2.75) is 23.8 Å². The number of nitrogens with one attached hydrogen (secondary N) is 2. The highest BCUT2D eigenvalue weighted by molar-refractivity contribution is 7.92. The molecular formula is C19H13F2N3O6S. The van der Waals surface area contributed by atoms with E-state index >= 15 is 0 Å². The maximum atomic E-state index is 13.9. The van der Waals surface area contributed by atoms with E-state index in [1.807, 2.05) is 0 Å². The van der Waals surface area contributed by atoms with Crippen LogP contribution in [0.25, 0.3) is 0 Å². The molecule has 1 fully saturated rings. The first-order valence-corrected chi connectivity index (χ1v) is 10.4. The van der Waals surface area contributed by atoms with Crippen LogP contribution in [0.5, 0.6) is 0 Å². The Balaban J connectivity index is 1.63. The first kappa shape index (κ1) is 20.6. The number of hydrogen-bond donors (Lipinski definition) is 2. The summed E-state index contributed by atoms with van der Waals surface area (Å²) in [5.41, 5.74) is -0.353. The van der Waals surface area contributed by atoms with Crippen LogP contribution < -0.4 is 10.0 Å². The summed E-state index contributed by atoms with van der Waals surface area (Å²) in [6.07, 6.45) is -0.0719. The zero-order chi connectivity index (χ0) is 22.5. The van der Waals surface area contributed by atoms with Crippen LogP contribution in [0.3, 0.4) is 0 Å². The van der Waals surface area contributed by atoms with Crippen molar-refractivity contribution in [3.8, 4) is 0 Å². The molecule has 0 aromatic heterocycles. The third-order valence-corrected chi connectivity index (χ3v) is 6.29. The summed E-state index contributed by atoms with van der Waals surface area (Å²) in [5.74, 6) is -5.13. The maximum Gasteiger partial charge on any atom is 0.264 e. The standard InChI is InChI=1S/C19H13F2N3O6S/c20-9-1-5-15(13(21)7-9)31(29,30)23-10-2-3-11-12(8-10)19(28)24(18(11)27)14-4-6-16(25)22-17(14)26/h1-3,5,7-8,14,23H,4,6H2,(H,22,25,26). The number of piperidine rings is 1. The Morgan fingerprint density at radius 3 is 2.35 bits per heavy atom. The van der Waals surface area contributed by atoms with E-state index in [4.69, 9.17) is 0 Å². The van der Waals surface area contributed by atoms with Gasteiger partial charge in [-0.25, -0.2) is 17.2 Å². The SMILES string of the molecule is O=C1CCC(N2C(=O)c3ccc(NS(=O)(=O)c4ccc(F)cc4F)cc3C2=O)C(=O)N1. The van der Waals surface area contributed by atoms with Gasteiger partial charge in [-0.3, -0.25) is 34.1 Å². The molecule has 31 heavy (non-hydrogen) atoms. The average Bonchev–Trinajstić information content (AvgIpc) is 2.92. The van der Waals surface area contributed by atoms with Gasteiger partial charge in [0.2, 0.25) is 11.8 Å². The number of carbonyl (C=O) groups excluding carboxylic acids is 4. The average molecular weight is 449 g/mol. The van der Waals surface area contributed by atoms with Gasteiger partial charge in [-0.1, -0.05) is 0 Å². The fourth-order valence-corrected chi connectivity index (χ4v) is 4.55. The van der Waals surface area contributed by atoms with E-state index in [9.17, 15) is 36.4 Å². The molecule has 4 amide bonds. The van der Waals surface area contributed by atoms with E-state index in [0.717, 1.165) is 23.1 Å². The van der Waals surface area contributed by atoms with Crippen LogP contribution >= 0.6 is 0 Å². The third kappa shape index (κ3) is 3.54. The number of halogens is 2. The van der Waals surface area contributed by atoms with Crippen LogP contribution in [0.1, 0.15) is 33.6 Å². The Labute approximate surface area is 174 Å². The number of nitrogens with zero attached hydrogens (tertiary/aromatic N) is 1. The molecule has 0 radical (unpaired) electrons. The number of anilines is 1. The normalized spacial score (nSPS) is 18.8. The van der Waals surface area contributed by atoms with E-state index in [0.29, 0.717) is 6.07 Å². The van der Waals surface area contributed by atoms with Gasteiger partial charge in [-0.05, 0) is 36.8 Å². The Hall–Kier alpha value is -3.67. The lowest BCUT2D eigenvalue weighted by Gasteiger charge is -2.27. The molecule has 12 heteroatoms. The zero-order valence-electron chi connectivity index (χ0n) is 15.5. The Morgan fingerprint density at radius 1 is 0.968 bits per heavy atom. The summed E-state index contributed by atoms with van der Waals surface area (Å²) in [4.78, 5) is 48.7. The molecule has 0 spiro atoms. The fourth-order valence-electron chi connectivity index (χ4n) is 3.44. The van der Waals surface area contributed by atoms with Crippen LogP contribution in [0.2, 0.25) is 0 Å². The maximum absolute atomic E-state index is 13.9. The van der Waals surface area contributed by atoms with E-state index in [1.54, 1.807) is 0 Å². The molecule has 0 saturated carbocycles. The minimum Gasteiger partial charge on any atom is -0.295 e. The van der Waals surface area contributed by atoms with Crippen molar-refractivity contribution in [2.24, 2.45) is 0 Å². The Kier molecular flexibility index (Phi) is 4.81. The zero-order valence-corrected chi connectivity index (χ0v) is 16.3. The summed E-state index contributed by atoms with van der Waals surface area (Å²) in [5, 5.41) is 2.07. The number of rotatable bonds is 4. The molecular weight excluding hydrogens is 436 g/mol. The molecule has 2 aromatic rings. The van der Waals surface area contributed by atoms with Gasteiger partial charge in [-0.15, -0.1) is 0 Å². The molecule has 2 aromatic carbocycles. The molecule has 2 N–H and O–H groups in total. The van der Waals surface area contributed by atoms with Gasteiger partial charge >= 0.3 is 0 Å². The number of amides is 4. The van der Waals surface area contributed by atoms with Gasteiger partial charge in [0.1, 0.15) is 22.6 Å². The number of sulfonamides is 1. The topological polar surface area (TPSA) is 130 Å². The van der Waals surface area contributed by atoms with Crippen molar-refractivity contribution in [1.82, 2.24) is 10.2 Å². The van der Waals surface area contributed by atoms with Crippen LogP contribution in [0, 0.1) is 11.6 Å². The number of imide groups is 2. The van der Waals surface area contributed by atoms with Crippen LogP contribution in [0.4, 0.5) is 14.5 Å². The predicted octanol–water partition coefficient (Wildman–Crippen LogP) is 1.17. The molecule has 2 heterocycles. The summed E-state index contributed by atoms with van der Waals surface area (Å²) >= 11 is 0. The molecule has 2 aliphatic rings. The largest absolute Gasteiger partial charge is 0.295 e. The van der Waals surface area contributed by atoms with E-state index in [1.165, 1.54) is 12.1 Å². The first-order valence-electron chi connectivity index (χ1n) is 8.92. The second-order valence-corrected chi connectivity index (χ2v) is 8.54. The molecule has 4 rings (SSSR count). The smallest absolute Gasteiger partial charge is 0.264 e. The molecule has 0 bridgehead atoms. The van der Waals surface area contributed by atoms with Crippen molar-refractivity contribution >= 4 is 39.3 Å². The summed E-state index contributed by atoms with van der Waals surface area (Å²) in [6, 6.07) is 4.24. The highest BCUT2D eigenvalue weighted by Crippen LogP contribution is 2.30. The van der Waals surface area contributed by atoms with Gasteiger partial charge in [0.25, 0.3) is 21.8 Å². The fraction of sp³-hybridized carbons (Fsp3) is 0.158. The van der Waals surface area contributed by atoms with Gasteiger partial charge in [-0.2, -0.15) is 0 Å². The van der Waals surface area contributed by atoms with Crippen LogP contribution in [-0.4, -0.2) is 43.0 Å². The number of hydrogen-bond acceptors (Lipinski definition) is 6. The van der Waals surface area contributed by atoms with Gasteiger partial charge in [0.05, 0.1) is 11.1 Å². The van der Waals surface area contributed by atoms with Gasteiger partial charge in [0.15, 0.2) is 0 Å². The summed E-state index contributed by atoms with van der Waals surface area (Å²) in [7, 11) is -4.46. The number of fused-ring (bicyclic) bond motifs is 1.